The molecule has 0 radical (unpaired) electrons. The Labute approximate surface area is 149 Å². The number of halogens is 3. The zero-order valence-electron chi connectivity index (χ0n) is 13.8. The fraction of sp³-hybridized carbons (Fsp3) is 0.263. The Morgan fingerprint density at radius 1 is 0.962 bits per heavy atom. The molecule has 4 nitrogen and oxygen atoms in total. The Bertz CT molecular complexity index is 718. The van der Waals surface area contributed by atoms with E-state index in [-0.39, 0.29) is 18.7 Å². The van der Waals surface area contributed by atoms with Crippen LogP contribution in [0.2, 0.25) is 0 Å². The van der Waals surface area contributed by atoms with Gasteiger partial charge in [-0.3, -0.25) is 9.59 Å². The van der Waals surface area contributed by atoms with Crippen LogP contribution in [-0.2, 0) is 20.7 Å². The standard InChI is InChI=1S/C19H18F3NO3/c20-19(21,22)13-26-18(25)12-16(15-9-5-2-6-10-15)23-17(24)11-14-7-3-1-4-8-14/h1-10,16H,11-13H2,(H,23,24)/t16-/m1/s1. The summed E-state index contributed by atoms with van der Waals surface area (Å²) in [6, 6.07) is 16.8. The average Bonchev–Trinajstić information content (AvgIpc) is 2.60. The number of hydrogen-bond acceptors (Lipinski definition) is 3. The molecule has 0 spiro atoms. The molecule has 0 aliphatic carbocycles. The van der Waals surface area contributed by atoms with Crippen molar-refractivity contribution in [2.45, 2.75) is 25.1 Å². The van der Waals surface area contributed by atoms with Crippen molar-refractivity contribution in [1.29, 1.82) is 0 Å². The van der Waals surface area contributed by atoms with Gasteiger partial charge in [0.05, 0.1) is 18.9 Å². The molecular formula is C19H18F3NO3. The van der Waals surface area contributed by atoms with Gasteiger partial charge in [0.15, 0.2) is 6.61 Å². The average molecular weight is 365 g/mol. The maximum Gasteiger partial charge on any atom is 0.422 e. The van der Waals surface area contributed by atoms with Crippen molar-refractivity contribution in [3.8, 4) is 0 Å². The summed E-state index contributed by atoms with van der Waals surface area (Å²) in [6.45, 7) is -1.65. The van der Waals surface area contributed by atoms with Gasteiger partial charge in [0.25, 0.3) is 0 Å². The lowest BCUT2D eigenvalue weighted by Gasteiger charge is -2.19. The van der Waals surface area contributed by atoms with Crippen LogP contribution in [0.4, 0.5) is 13.2 Å². The first-order chi connectivity index (χ1) is 12.3. The Kier molecular flexibility index (Phi) is 6.77. The van der Waals surface area contributed by atoms with Crippen LogP contribution in [0.3, 0.4) is 0 Å². The van der Waals surface area contributed by atoms with Crippen molar-refractivity contribution in [3.05, 3.63) is 71.8 Å². The molecule has 0 fully saturated rings. The Morgan fingerprint density at radius 3 is 2.12 bits per heavy atom. The van der Waals surface area contributed by atoms with Crippen LogP contribution in [0.1, 0.15) is 23.6 Å². The number of rotatable bonds is 7. The number of carbonyl (C=O) groups excluding carboxylic acids is 2. The van der Waals surface area contributed by atoms with Crippen molar-refractivity contribution in [1.82, 2.24) is 5.32 Å². The van der Waals surface area contributed by atoms with Crippen molar-refractivity contribution in [3.63, 3.8) is 0 Å². The molecule has 7 heteroatoms. The van der Waals surface area contributed by atoms with Crippen LogP contribution in [0.15, 0.2) is 60.7 Å². The summed E-state index contributed by atoms with van der Waals surface area (Å²) in [6.07, 6.45) is -4.88. The van der Waals surface area contributed by atoms with Crippen LogP contribution in [0.5, 0.6) is 0 Å². The smallest absolute Gasteiger partial charge is 0.422 e. The minimum Gasteiger partial charge on any atom is -0.456 e. The highest BCUT2D eigenvalue weighted by atomic mass is 19.4. The zero-order valence-corrected chi connectivity index (χ0v) is 13.8. The molecule has 0 aliphatic rings. The molecule has 1 amide bonds. The van der Waals surface area contributed by atoms with Crippen LogP contribution in [-0.4, -0.2) is 24.7 Å². The molecule has 0 saturated carbocycles. The first kappa shape index (κ1) is 19.5. The molecular weight excluding hydrogens is 347 g/mol. The second kappa shape index (κ2) is 9.03. The molecule has 2 rings (SSSR count). The van der Waals surface area contributed by atoms with Gasteiger partial charge < -0.3 is 10.1 Å². The van der Waals surface area contributed by atoms with Gasteiger partial charge in [0.2, 0.25) is 5.91 Å². The normalized spacial score (nSPS) is 12.3. The lowest BCUT2D eigenvalue weighted by Crippen LogP contribution is -2.32. The maximum absolute atomic E-state index is 12.3. The number of benzene rings is 2. The summed E-state index contributed by atoms with van der Waals surface area (Å²) in [4.78, 5) is 24.0. The number of amides is 1. The van der Waals surface area contributed by atoms with Crippen LogP contribution in [0.25, 0.3) is 0 Å². The summed E-state index contributed by atoms with van der Waals surface area (Å²) in [7, 11) is 0. The SMILES string of the molecule is O=C(Cc1ccccc1)N[C@H](CC(=O)OCC(F)(F)F)c1ccccc1. The van der Waals surface area contributed by atoms with E-state index in [0.29, 0.717) is 5.56 Å². The number of hydrogen-bond donors (Lipinski definition) is 1. The molecule has 1 N–H and O–H groups in total. The predicted molar refractivity (Wildman–Crippen MR) is 89.1 cm³/mol. The number of esters is 1. The van der Waals surface area contributed by atoms with Gasteiger partial charge in [-0.05, 0) is 11.1 Å². The monoisotopic (exact) mass is 365 g/mol. The van der Waals surface area contributed by atoms with Crippen LogP contribution >= 0.6 is 0 Å². The molecule has 0 bridgehead atoms. The first-order valence-corrected chi connectivity index (χ1v) is 7.94. The highest BCUT2D eigenvalue weighted by molar-refractivity contribution is 5.80. The highest BCUT2D eigenvalue weighted by Gasteiger charge is 2.30. The molecule has 0 saturated heterocycles. The van der Waals surface area contributed by atoms with E-state index >= 15 is 0 Å². The van der Waals surface area contributed by atoms with Gasteiger partial charge in [-0.15, -0.1) is 0 Å². The van der Waals surface area contributed by atoms with E-state index in [4.69, 9.17) is 0 Å². The fourth-order valence-electron chi connectivity index (χ4n) is 2.35. The zero-order chi connectivity index (χ0) is 19.0. The molecule has 1 atom stereocenters. The van der Waals surface area contributed by atoms with Gasteiger partial charge in [-0.2, -0.15) is 13.2 Å². The minimum atomic E-state index is -4.59. The third-order valence-corrected chi connectivity index (χ3v) is 3.51. The molecule has 2 aromatic carbocycles. The number of nitrogens with one attached hydrogen (secondary N) is 1. The molecule has 0 aliphatic heterocycles. The lowest BCUT2D eigenvalue weighted by atomic mass is 10.0. The van der Waals surface area contributed by atoms with Crippen molar-refractivity contribution in [2.24, 2.45) is 0 Å². The molecule has 2 aromatic rings. The van der Waals surface area contributed by atoms with Gasteiger partial charge in [-0.25, -0.2) is 0 Å². The summed E-state index contributed by atoms with van der Waals surface area (Å²) in [5.74, 6) is -1.37. The van der Waals surface area contributed by atoms with Crippen molar-refractivity contribution >= 4 is 11.9 Å². The largest absolute Gasteiger partial charge is 0.456 e. The number of ether oxygens (including phenoxy) is 1. The quantitative estimate of drug-likeness (QED) is 0.763. The third-order valence-electron chi connectivity index (χ3n) is 3.51. The van der Waals surface area contributed by atoms with E-state index in [0.717, 1.165) is 5.56 Å². The van der Waals surface area contributed by atoms with E-state index in [9.17, 15) is 22.8 Å². The Balaban J connectivity index is 2.02. The molecule has 0 heterocycles. The molecule has 138 valence electrons. The lowest BCUT2D eigenvalue weighted by molar-refractivity contribution is -0.186. The second-order valence-electron chi connectivity index (χ2n) is 5.67. The summed E-state index contributed by atoms with van der Waals surface area (Å²) < 4.78 is 40.8. The van der Waals surface area contributed by atoms with Crippen LogP contribution in [0, 0.1) is 0 Å². The fourth-order valence-corrected chi connectivity index (χ4v) is 2.35. The summed E-state index contributed by atoms with van der Waals surface area (Å²) >= 11 is 0. The molecule has 0 aromatic heterocycles. The number of carbonyl (C=O) groups is 2. The van der Waals surface area contributed by atoms with E-state index in [1.807, 2.05) is 6.07 Å². The first-order valence-electron chi connectivity index (χ1n) is 7.94. The van der Waals surface area contributed by atoms with Gasteiger partial charge >= 0.3 is 12.1 Å². The molecule has 26 heavy (non-hydrogen) atoms. The van der Waals surface area contributed by atoms with Crippen LogP contribution < -0.4 is 5.32 Å². The van der Waals surface area contributed by atoms with Gasteiger partial charge in [0, 0.05) is 0 Å². The number of alkyl halides is 3. The van der Waals surface area contributed by atoms with E-state index in [2.05, 4.69) is 10.1 Å². The Morgan fingerprint density at radius 2 is 1.54 bits per heavy atom. The topological polar surface area (TPSA) is 55.4 Å². The summed E-state index contributed by atoms with van der Waals surface area (Å²) in [5.41, 5.74) is 1.40. The Hall–Kier alpha value is -2.83. The van der Waals surface area contributed by atoms with Gasteiger partial charge in [-0.1, -0.05) is 60.7 Å². The predicted octanol–water partition coefficient (Wildman–Crippen LogP) is 3.58. The van der Waals surface area contributed by atoms with Crippen molar-refractivity contribution in [2.75, 3.05) is 6.61 Å². The third kappa shape index (κ3) is 6.96. The minimum absolute atomic E-state index is 0.0990. The van der Waals surface area contributed by atoms with E-state index < -0.39 is 24.8 Å². The van der Waals surface area contributed by atoms with Gasteiger partial charge in [0.1, 0.15) is 0 Å². The van der Waals surface area contributed by atoms with E-state index in [1.54, 1.807) is 54.6 Å². The highest BCUT2D eigenvalue weighted by Crippen LogP contribution is 2.20. The van der Waals surface area contributed by atoms with Crippen molar-refractivity contribution < 1.29 is 27.5 Å². The maximum atomic E-state index is 12.3. The van der Waals surface area contributed by atoms with E-state index in [1.165, 1.54) is 0 Å². The molecule has 0 unspecified atom stereocenters. The summed E-state index contributed by atoms with van der Waals surface area (Å²) in [5, 5.41) is 2.69. The second-order valence-corrected chi connectivity index (χ2v) is 5.67.